The van der Waals surface area contributed by atoms with Gasteiger partial charge in [0.1, 0.15) is 11.6 Å². The first-order valence-electron chi connectivity index (χ1n) is 12.2. The molecule has 0 fully saturated rings. The van der Waals surface area contributed by atoms with Crippen molar-refractivity contribution in [3.05, 3.63) is 106 Å². The first-order valence-corrected chi connectivity index (χ1v) is 12.2. The van der Waals surface area contributed by atoms with Gasteiger partial charge in [-0.1, -0.05) is 60.7 Å². The Kier molecular flexibility index (Phi) is 9.02. The molecule has 0 unspecified atom stereocenters. The number of nitriles is 1. The predicted octanol–water partition coefficient (Wildman–Crippen LogP) is 3.85. The third-order valence-corrected chi connectivity index (χ3v) is 5.42. The van der Waals surface area contributed by atoms with E-state index < -0.39 is 5.56 Å². The van der Waals surface area contributed by atoms with Crippen molar-refractivity contribution in [1.29, 1.82) is 5.26 Å². The van der Waals surface area contributed by atoms with Crippen LogP contribution in [-0.4, -0.2) is 35.3 Å². The van der Waals surface area contributed by atoms with Gasteiger partial charge in [-0.05, 0) is 36.2 Å². The highest BCUT2D eigenvalue weighted by atomic mass is 16.5. The molecule has 4 aromatic rings. The van der Waals surface area contributed by atoms with E-state index in [2.05, 4.69) is 25.8 Å². The molecule has 10 heteroatoms. The smallest absolute Gasteiger partial charge is 0.270 e. The zero-order chi connectivity index (χ0) is 27.5. The summed E-state index contributed by atoms with van der Waals surface area (Å²) in [5.74, 6) is 0.700. The van der Waals surface area contributed by atoms with Crippen LogP contribution in [0.2, 0.25) is 0 Å². The molecule has 39 heavy (non-hydrogen) atoms. The van der Waals surface area contributed by atoms with Gasteiger partial charge < -0.3 is 14.8 Å². The fraction of sp³-hybridized carbons (Fsp3) is 0.138. The third kappa shape index (κ3) is 7.30. The van der Waals surface area contributed by atoms with Crippen LogP contribution in [0.25, 0.3) is 11.3 Å². The Bertz CT molecular complexity index is 1550. The molecule has 1 amide bonds. The molecule has 0 radical (unpaired) electrons. The first kappa shape index (κ1) is 26.6. The zero-order valence-electron chi connectivity index (χ0n) is 21.2. The van der Waals surface area contributed by atoms with Gasteiger partial charge in [0, 0.05) is 12.1 Å². The second-order valence-electron chi connectivity index (χ2n) is 8.18. The average molecular weight is 523 g/mol. The molecule has 0 saturated heterocycles. The molecule has 0 spiro atoms. The summed E-state index contributed by atoms with van der Waals surface area (Å²) in [6, 6.07) is 25.6. The third-order valence-electron chi connectivity index (χ3n) is 5.42. The Morgan fingerprint density at radius 1 is 1.05 bits per heavy atom. The van der Waals surface area contributed by atoms with E-state index in [9.17, 15) is 14.9 Å². The minimum Gasteiger partial charge on any atom is -0.490 e. The normalized spacial score (nSPS) is 10.6. The number of nitrogens with one attached hydrogen (secondary N) is 3. The van der Waals surface area contributed by atoms with Crippen LogP contribution in [0.3, 0.4) is 0 Å². The average Bonchev–Trinajstić information content (AvgIpc) is 2.96. The van der Waals surface area contributed by atoms with Crippen molar-refractivity contribution in [2.45, 2.75) is 13.5 Å². The summed E-state index contributed by atoms with van der Waals surface area (Å²) in [6.45, 7) is 2.49. The second kappa shape index (κ2) is 13.2. The maximum absolute atomic E-state index is 12.4. The number of hydrogen-bond donors (Lipinski definition) is 3. The number of aromatic nitrogens is 2. The predicted molar refractivity (Wildman–Crippen MR) is 148 cm³/mol. The van der Waals surface area contributed by atoms with Gasteiger partial charge >= 0.3 is 0 Å². The molecular weight excluding hydrogens is 496 g/mol. The standard InChI is InChI=1S/C29H26N6O4/c1-2-38-25-15-21(13-14-24(25)39-19-26(36)31-17-20-9-5-3-6-10-20)18-32-35-29-33-27(22-11-7-4-8-12-22)23(16-30)28(37)34-29/h3-15,18H,2,17,19H2,1H3,(H,31,36)(H2,33,34,35,37). The Hall–Kier alpha value is -5.43. The molecule has 0 bridgehead atoms. The van der Waals surface area contributed by atoms with E-state index >= 15 is 0 Å². The summed E-state index contributed by atoms with van der Waals surface area (Å²) in [4.78, 5) is 31.5. The van der Waals surface area contributed by atoms with Crippen molar-refractivity contribution in [2.24, 2.45) is 5.10 Å². The van der Waals surface area contributed by atoms with Crippen LogP contribution in [0.4, 0.5) is 5.95 Å². The van der Waals surface area contributed by atoms with Gasteiger partial charge in [-0.3, -0.25) is 14.6 Å². The minimum absolute atomic E-state index is 0.0820. The van der Waals surface area contributed by atoms with Crippen molar-refractivity contribution < 1.29 is 14.3 Å². The van der Waals surface area contributed by atoms with E-state index in [1.54, 1.807) is 42.5 Å². The van der Waals surface area contributed by atoms with Crippen LogP contribution < -0.4 is 25.8 Å². The number of aromatic amines is 1. The van der Waals surface area contributed by atoms with Crippen molar-refractivity contribution in [3.8, 4) is 28.8 Å². The molecule has 3 N–H and O–H groups in total. The molecule has 10 nitrogen and oxygen atoms in total. The molecule has 196 valence electrons. The lowest BCUT2D eigenvalue weighted by Gasteiger charge is -2.12. The van der Waals surface area contributed by atoms with E-state index in [1.165, 1.54) is 6.21 Å². The highest BCUT2D eigenvalue weighted by Gasteiger charge is 2.13. The Morgan fingerprint density at radius 3 is 2.51 bits per heavy atom. The topological polar surface area (TPSA) is 141 Å². The molecule has 0 aliphatic rings. The van der Waals surface area contributed by atoms with Crippen molar-refractivity contribution in [2.75, 3.05) is 18.6 Å². The van der Waals surface area contributed by atoms with E-state index in [-0.39, 0.29) is 29.7 Å². The maximum atomic E-state index is 12.4. The number of carbonyl (C=O) groups is 1. The summed E-state index contributed by atoms with van der Waals surface area (Å²) in [7, 11) is 0. The number of ether oxygens (including phenoxy) is 2. The van der Waals surface area contributed by atoms with Crippen LogP contribution in [0.15, 0.2) is 88.8 Å². The van der Waals surface area contributed by atoms with Crippen LogP contribution in [0.5, 0.6) is 11.5 Å². The van der Waals surface area contributed by atoms with Crippen molar-refractivity contribution >= 4 is 18.1 Å². The lowest BCUT2D eigenvalue weighted by atomic mass is 10.1. The lowest BCUT2D eigenvalue weighted by Crippen LogP contribution is -2.28. The number of rotatable bonds is 11. The van der Waals surface area contributed by atoms with E-state index in [1.807, 2.05) is 49.4 Å². The van der Waals surface area contributed by atoms with Gasteiger partial charge in [0.25, 0.3) is 11.5 Å². The lowest BCUT2D eigenvalue weighted by molar-refractivity contribution is -0.123. The summed E-state index contributed by atoms with van der Waals surface area (Å²) in [5, 5.41) is 16.4. The highest BCUT2D eigenvalue weighted by molar-refractivity contribution is 5.82. The molecule has 3 aromatic carbocycles. The summed E-state index contributed by atoms with van der Waals surface area (Å²) in [6.07, 6.45) is 1.51. The minimum atomic E-state index is -0.572. The fourth-order valence-electron chi connectivity index (χ4n) is 3.59. The van der Waals surface area contributed by atoms with E-state index in [0.29, 0.717) is 35.8 Å². The SMILES string of the molecule is CCOc1cc(C=NNc2nc(-c3ccccc3)c(C#N)c(=O)[nH]2)ccc1OCC(=O)NCc1ccccc1. The summed E-state index contributed by atoms with van der Waals surface area (Å²) in [5.41, 5.74) is 4.60. The van der Waals surface area contributed by atoms with Gasteiger partial charge in [0.05, 0.1) is 18.5 Å². The van der Waals surface area contributed by atoms with Crippen LogP contribution in [-0.2, 0) is 11.3 Å². The van der Waals surface area contributed by atoms with Crippen molar-refractivity contribution in [1.82, 2.24) is 15.3 Å². The number of benzene rings is 3. The number of anilines is 1. The summed E-state index contributed by atoms with van der Waals surface area (Å²) >= 11 is 0. The monoisotopic (exact) mass is 522 g/mol. The molecule has 1 aromatic heterocycles. The maximum Gasteiger partial charge on any atom is 0.270 e. The largest absolute Gasteiger partial charge is 0.490 e. The number of carbonyl (C=O) groups excluding carboxylic acids is 1. The fourth-order valence-corrected chi connectivity index (χ4v) is 3.59. The quantitative estimate of drug-likeness (QED) is 0.201. The van der Waals surface area contributed by atoms with Crippen LogP contribution in [0.1, 0.15) is 23.6 Å². The molecule has 0 aliphatic carbocycles. The molecular formula is C29H26N6O4. The highest BCUT2D eigenvalue weighted by Crippen LogP contribution is 2.28. The van der Waals surface area contributed by atoms with Gasteiger partial charge in [-0.15, -0.1) is 0 Å². The van der Waals surface area contributed by atoms with Gasteiger partial charge in [0.2, 0.25) is 5.95 Å². The molecule has 4 rings (SSSR count). The van der Waals surface area contributed by atoms with Crippen LogP contribution in [0, 0.1) is 11.3 Å². The Morgan fingerprint density at radius 2 is 1.79 bits per heavy atom. The van der Waals surface area contributed by atoms with Crippen LogP contribution >= 0.6 is 0 Å². The van der Waals surface area contributed by atoms with Gasteiger partial charge in [-0.2, -0.15) is 10.4 Å². The summed E-state index contributed by atoms with van der Waals surface area (Å²) < 4.78 is 11.4. The number of H-pyrrole nitrogens is 1. The zero-order valence-corrected chi connectivity index (χ0v) is 21.2. The Labute approximate surface area is 225 Å². The number of nitrogens with zero attached hydrogens (tertiary/aromatic N) is 3. The molecule has 0 aliphatic heterocycles. The molecule has 0 saturated carbocycles. The number of amides is 1. The van der Waals surface area contributed by atoms with Gasteiger partial charge in [0.15, 0.2) is 18.1 Å². The van der Waals surface area contributed by atoms with Crippen molar-refractivity contribution in [3.63, 3.8) is 0 Å². The van der Waals surface area contributed by atoms with E-state index in [4.69, 9.17) is 9.47 Å². The molecule has 0 atom stereocenters. The Balaban J connectivity index is 1.41. The molecule has 1 heterocycles. The van der Waals surface area contributed by atoms with Gasteiger partial charge in [-0.25, -0.2) is 10.4 Å². The second-order valence-corrected chi connectivity index (χ2v) is 8.18. The number of hydrazone groups is 1. The van der Waals surface area contributed by atoms with E-state index in [0.717, 1.165) is 5.56 Å². The number of hydrogen-bond acceptors (Lipinski definition) is 8. The first-order chi connectivity index (χ1) is 19.1.